The normalized spacial score (nSPS) is 18.1. The van der Waals surface area contributed by atoms with Gasteiger partial charge in [-0.2, -0.15) is 0 Å². The van der Waals surface area contributed by atoms with E-state index in [-0.39, 0.29) is 17.9 Å². The molecular weight excluding hydrogens is 378 g/mol. The van der Waals surface area contributed by atoms with Crippen LogP contribution in [-0.2, 0) is 16.1 Å². The number of hydrogen-bond donors (Lipinski definition) is 1. The number of aliphatic hydroxyl groups excluding tert-OH is 1. The Kier molecular flexibility index (Phi) is 5.14. The molecule has 1 N–H and O–H groups in total. The molecule has 0 radical (unpaired) electrons. The van der Waals surface area contributed by atoms with Crippen molar-refractivity contribution in [1.29, 1.82) is 0 Å². The summed E-state index contributed by atoms with van der Waals surface area (Å²) in [5.74, 6) is -1.58. The van der Waals surface area contributed by atoms with E-state index in [0.717, 1.165) is 16.7 Å². The van der Waals surface area contributed by atoms with Crippen LogP contribution in [0.1, 0.15) is 34.0 Å². The molecule has 3 aromatic rings. The van der Waals surface area contributed by atoms with Gasteiger partial charge in [0, 0.05) is 30.7 Å². The molecule has 150 valence electrons. The number of benzene rings is 1. The van der Waals surface area contributed by atoms with E-state index in [2.05, 4.69) is 9.97 Å². The molecule has 6 nitrogen and oxygen atoms in total. The first-order chi connectivity index (χ1) is 14.5. The van der Waals surface area contributed by atoms with Crippen LogP contribution in [0.15, 0.2) is 72.7 Å². The number of amides is 1. The molecule has 1 aliphatic rings. The monoisotopic (exact) mass is 399 g/mol. The van der Waals surface area contributed by atoms with E-state index in [1.165, 1.54) is 4.90 Å². The second kappa shape index (κ2) is 7.91. The van der Waals surface area contributed by atoms with Gasteiger partial charge in [-0.15, -0.1) is 0 Å². The van der Waals surface area contributed by atoms with Gasteiger partial charge in [0.1, 0.15) is 11.8 Å². The molecule has 1 saturated heterocycles. The lowest BCUT2D eigenvalue weighted by Gasteiger charge is -2.24. The summed E-state index contributed by atoms with van der Waals surface area (Å²) in [6.45, 7) is 4.09. The highest BCUT2D eigenvalue weighted by molar-refractivity contribution is 6.46. The van der Waals surface area contributed by atoms with Crippen LogP contribution in [0.25, 0.3) is 5.76 Å². The van der Waals surface area contributed by atoms with E-state index in [1.54, 1.807) is 48.9 Å². The average Bonchev–Trinajstić information content (AvgIpc) is 3.01. The minimum Gasteiger partial charge on any atom is -0.507 e. The minimum atomic E-state index is -0.784. The maximum absolute atomic E-state index is 13.0. The van der Waals surface area contributed by atoms with Gasteiger partial charge in [-0.1, -0.05) is 24.3 Å². The third-order valence-corrected chi connectivity index (χ3v) is 5.36. The fraction of sp³-hybridized carbons (Fsp3) is 0.167. The number of likely N-dealkylation sites (tertiary alicyclic amines) is 1. The van der Waals surface area contributed by atoms with Gasteiger partial charge in [-0.25, -0.2) is 0 Å². The first-order valence-corrected chi connectivity index (χ1v) is 9.63. The van der Waals surface area contributed by atoms with Crippen molar-refractivity contribution >= 4 is 17.4 Å². The SMILES string of the molecule is Cc1ccc(/C(O)=C2/C(=O)C(=O)N(Cc3cccnc3)C2c2ccccn2)cc1C. The van der Waals surface area contributed by atoms with Crippen molar-refractivity contribution < 1.29 is 14.7 Å². The molecule has 1 aliphatic heterocycles. The van der Waals surface area contributed by atoms with Gasteiger partial charge in [0.05, 0.1) is 11.3 Å². The fourth-order valence-electron chi connectivity index (χ4n) is 3.62. The second-order valence-electron chi connectivity index (χ2n) is 7.34. The number of nitrogens with zero attached hydrogens (tertiary/aromatic N) is 3. The summed E-state index contributed by atoms with van der Waals surface area (Å²) in [6, 6.07) is 13.6. The van der Waals surface area contributed by atoms with Gasteiger partial charge < -0.3 is 10.0 Å². The molecule has 4 rings (SSSR count). The van der Waals surface area contributed by atoms with Crippen molar-refractivity contribution in [3.63, 3.8) is 0 Å². The molecule has 3 heterocycles. The van der Waals surface area contributed by atoms with Gasteiger partial charge in [-0.05, 0) is 54.8 Å². The summed E-state index contributed by atoms with van der Waals surface area (Å²) in [5.41, 5.74) is 3.91. The van der Waals surface area contributed by atoms with Gasteiger partial charge in [-0.3, -0.25) is 19.6 Å². The Bertz CT molecular complexity index is 1140. The molecule has 1 aromatic carbocycles. The molecular formula is C24H21N3O3. The molecule has 0 saturated carbocycles. The number of Topliss-reactive ketones (excluding diaryl/α,β-unsaturated/α-hetero) is 1. The Morgan fingerprint density at radius 3 is 2.53 bits per heavy atom. The molecule has 30 heavy (non-hydrogen) atoms. The molecule has 1 atom stereocenters. The van der Waals surface area contributed by atoms with Crippen molar-refractivity contribution in [2.45, 2.75) is 26.4 Å². The quantitative estimate of drug-likeness (QED) is 0.411. The van der Waals surface area contributed by atoms with Crippen molar-refractivity contribution in [2.75, 3.05) is 0 Å². The second-order valence-corrected chi connectivity index (χ2v) is 7.34. The third kappa shape index (κ3) is 3.48. The molecule has 1 amide bonds. The van der Waals surface area contributed by atoms with Crippen LogP contribution in [0.4, 0.5) is 0 Å². The lowest BCUT2D eigenvalue weighted by molar-refractivity contribution is -0.140. The molecule has 1 unspecified atom stereocenters. The largest absolute Gasteiger partial charge is 0.507 e. The highest BCUT2D eigenvalue weighted by Gasteiger charge is 2.46. The van der Waals surface area contributed by atoms with Crippen LogP contribution in [0.5, 0.6) is 0 Å². The van der Waals surface area contributed by atoms with E-state index in [0.29, 0.717) is 11.3 Å². The minimum absolute atomic E-state index is 0.0471. The Labute approximate surface area is 174 Å². The summed E-state index contributed by atoms with van der Waals surface area (Å²) < 4.78 is 0. The van der Waals surface area contributed by atoms with Crippen molar-refractivity contribution in [3.8, 4) is 0 Å². The summed E-state index contributed by atoms with van der Waals surface area (Å²) in [4.78, 5) is 35.8. The maximum Gasteiger partial charge on any atom is 0.296 e. The zero-order chi connectivity index (χ0) is 21.3. The highest BCUT2D eigenvalue weighted by atomic mass is 16.3. The molecule has 0 aliphatic carbocycles. The number of aromatic nitrogens is 2. The smallest absolute Gasteiger partial charge is 0.296 e. The van der Waals surface area contributed by atoms with Crippen LogP contribution >= 0.6 is 0 Å². The Hall–Kier alpha value is -3.80. The maximum atomic E-state index is 13.0. The topological polar surface area (TPSA) is 83.4 Å². The van der Waals surface area contributed by atoms with Crippen molar-refractivity contribution in [2.24, 2.45) is 0 Å². The van der Waals surface area contributed by atoms with E-state index in [4.69, 9.17) is 0 Å². The van der Waals surface area contributed by atoms with Gasteiger partial charge in [0.25, 0.3) is 11.7 Å². The molecule has 1 fully saturated rings. The third-order valence-electron chi connectivity index (χ3n) is 5.36. The number of ketones is 1. The number of pyridine rings is 2. The van der Waals surface area contributed by atoms with E-state index in [1.807, 2.05) is 32.0 Å². The zero-order valence-electron chi connectivity index (χ0n) is 16.7. The van der Waals surface area contributed by atoms with Crippen LogP contribution in [0.3, 0.4) is 0 Å². The number of aryl methyl sites for hydroxylation is 2. The highest BCUT2D eigenvalue weighted by Crippen LogP contribution is 2.39. The summed E-state index contributed by atoms with van der Waals surface area (Å²) in [5, 5.41) is 11.1. The van der Waals surface area contributed by atoms with E-state index in [9.17, 15) is 14.7 Å². The van der Waals surface area contributed by atoms with E-state index >= 15 is 0 Å². The first-order valence-electron chi connectivity index (χ1n) is 9.63. The number of carbonyl (C=O) groups excluding carboxylic acids is 2. The average molecular weight is 399 g/mol. The molecule has 0 spiro atoms. The van der Waals surface area contributed by atoms with Crippen LogP contribution < -0.4 is 0 Å². The number of hydrogen-bond acceptors (Lipinski definition) is 5. The number of aliphatic hydroxyl groups is 1. The zero-order valence-corrected chi connectivity index (χ0v) is 16.7. The molecule has 0 bridgehead atoms. The first kappa shape index (κ1) is 19.5. The van der Waals surface area contributed by atoms with Gasteiger partial charge in [0.15, 0.2) is 0 Å². The van der Waals surface area contributed by atoms with Gasteiger partial charge in [0.2, 0.25) is 0 Å². The predicted octanol–water partition coefficient (Wildman–Crippen LogP) is 3.72. The Morgan fingerprint density at radius 1 is 1.03 bits per heavy atom. The van der Waals surface area contributed by atoms with Gasteiger partial charge >= 0.3 is 0 Å². The molecule has 6 heteroatoms. The number of carbonyl (C=O) groups is 2. The lowest BCUT2D eigenvalue weighted by atomic mass is 9.96. The van der Waals surface area contributed by atoms with Crippen molar-refractivity contribution in [3.05, 3.63) is 101 Å². The predicted molar refractivity (Wildman–Crippen MR) is 112 cm³/mol. The van der Waals surface area contributed by atoms with Crippen LogP contribution in [0, 0.1) is 13.8 Å². The van der Waals surface area contributed by atoms with Crippen LogP contribution in [-0.4, -0.2) is 31.7 Å². The Balaban J connectivity index is 1.86. The standard InChI is InChI=1S/C24H21N3O3/c1-15-8-9-18(12-16(15)2)22(28)20-21(19-7-3-4-11-26-19)27(24(30)23(20)29)14-17-6-5-10-25-13-17/h3-13,21,28H,14H2,1-2H3/b22-20-. The summed E-state index contributed by atoms with van der Waals surface area (Å²) in [7, 11) is 0. The van der Waals surface area contributed by atoms with E-state index < -0.39 is 17.7 Å². The molecule has 2 aromatic heterocycles. The summed E-state index contributed by atoms with van der Waals surface area (Å²) >= 11 is 0. The summed E-state index contributed by atoms with van der Waals surface area (Å²) in [6.07, 6.45) is 4.90. The van der Waals surface area contributed by atoms with Crippen molar-refractivity contribution in [1.82, 2.24) is 14.9 Å². The lowest BCUT2D eigenvalue weighted by Crippen LogP contribution is -2.29. The fourth-order valence-corrected chi connectivity index (χ4v) is 3.62. The Morgan fingerprint density at radius 2 is 1.87 bits per heavy atom. The van der Waals surface area contributed by atoms with Crippen LogP contribution in [0.2, 0.25) is 0 Å². The number of rotatable bonds is 4.